The van der Waals surface area contributed by atoms with E-state index in [1.54, 1.807) is 7.05 Å². The highest BCUT2D eigenvalue weighted by Gasteiger charge is 2.21. The van der Waals surface area contributed by atoms with E-state index < -0.39 is 12.0 Å². The van der Waals surface area contributed by atoms with Gasteiger partial charge in [0.25, 0.3) is 0 Å². The fourth-order valence-electron chi connectivity index (χ4n) is 1.87. The molecule has 0 rings (SSSR count). The Balaban J connectivity index is 4.03. The van der Waals surface area contributed by atoms with E-state index in [-0.39, 0.29) is 5.41 Å². The molecule has 3 heteroatoms. The zero-order chi connectivity index (χ0) is 11.4. The van der Waals surface area contributed by atoms with E-state index in [1.807, 2.05) is 0 Å². The Morgan fingerprint density at radius 1 is 1.43 bits per heavy atom. The molecule has 0 radical (unpaired) electrons. The molecule has 0 aromatic carbocycles. The second kappa shape index (κ2) is 5.35. The number of nitrogens with one attached hydrogen (secondary N) is 1. The quantitative estimate of drug-likeness (QED) is 0.716. The first-order valence-corrected chi connectivity index (χ1v) is 5.16. The number of hydrogen-bond donors (Lipinski definition) is 2. The van der Waals surface area contributed by atoms with Crippen molar-refractivity contribution < 1.29 is 9.90 Å². The van der Waals surface area contributed by atoms with Gasteiger partial charge in [0.1, 0.15) is 6.04 Å². The summed E-state index contributed by atoms with van der Waals surface area (Å²) in [7, 11) is 1.70. The van der Waals surface area contributed by atoms with E-state index >= 15 is 0 Å². The fraction of sp³-hybridized carbons (Fsp3) is 0.909. The molecule has 84 valence electrons. The smallest absolute Gasteiger partial charge is 0.320 e. The van der Waals surface area contributed by atoms with Crippen LogP contribution in [0.4, 0.5) is 0 Å². The molecule has 0 aliphatic rings. The molecule has 0 aliphatic heterocycles. The topological polar surface area (TPSA) is 49.3 Å². The van der Waals surface area contributed by atoms with Crippen LogP contribution < -0.4 is 5.32 Å². The average molecular weight is 201 g/mol. The average Bonchev–Trinajstić information content (AvgIpc) is 1.96. The van der Waals surface area contributed by atoms with Crippen LogP contribution in [0.3, 0.4) is 0 Å². The Bertz CT molecular complexity index is 184. The van der Waals surface area contributed by atoms with Gasteiger partial charge in [-0.25, -0.2) is 0 Å². The van der Waals surface area contributed by atoms with Crippen LogP contribution in [0.5, 0.6) is 0 Å². The molecule has 14 heavy (non-hydrogen) atoms. The van der Waals surface area contributed by atoms with Gasteiger partial charge >= 0.3 is 5.97 Å². The molecular weight excluding hydrogens is 178 g/mol. The molecule has 0 fully saturated rings. The second-order valence-electron chi connectivity index (χ2n) is 5.29. The third-order valence-electron chi connectivity index (χ3n) is 2.25. The van der Waals surface area contributed by atoms with Crippen LogP contribution in [0, 0.1) is 11.3 Å². The van der Waals surface area contributed by atoms with Gasteiger partial charge in [-0.3, -0.25) is 4.79 Å². The molecule has 3 nitrogen and oxygen atoms in total. The first-order chi connectivity index (χ1) is 6.26. The number of carboxylic acid groups (broad SMARTS) is 1. The van der Waals surface area contributed by atoms with E-state index in [9.17, 15) is 4.79 Å². The summed E-state index contributed by atoms with van der Waals surface area (Å²) in [5, 5.41) is 11.7. The predicted octanol–water partition coefficient (Wildman–Crippen LogP) is 2.12. The maximum absolute atomic E-state index is 10.8. The van der Waals surface area contributed by atoms with Crippen molar-refractivity contribution in [1.82, 2.24) is 5.32 Å². The van der Waals surface area contributed by atoms with Crippen molar-refractivity contribution >= 4 is 5.97 Å². The van der Waals surface area contributed by atoms with Gasteiger partial charge in [-0.05, 0) is 31.2 Å². The van der Waals surface area contributed by atoms with Gasteiger partial charge in [-0.1, -0.05) is 27.7 Å². The molecule has 0 heterocycles. The molecule has 0 aromatic rings. The summed E-state index contributed by atoms with van der Waals surface area (Å²) in [4.78, 5) is 10.8. The minimum atomic E-state index is -0.756. The molecule has 0 saturated carbocycles. The summed E-state index contributed by atoms with van der Waals surface area (Å²) >= 11 is 0. The Morgan fingerprint density at radius 3 is 2.21 bits per heavy atom. The van der Waals surface area contributed by atoms with Gasteiger partial charge < -0.3 is 10.4 Å². The summed E-state index contributed by atoms with van der Waals surface area (Å²) in [5.74, 6) is -0.322. The summed E-state index contributed by atoms with van der Waals surface area (Å²) in [6.07, 6.45) is 1.75. The van der Waals surface area contributed by atoms with Gasteiger partial charge in [-0.2, -0.15) is 0 Å². The van der Waals surface area contributed by atoms with Crippen LogP contribution in [-0.2, 0) is 4.79 Å². The van der Waals surface area contributed by atoms with Crippen LogP contribution in [-0.4, -0.2) is 24.2 Å². The zero-order valence-corrected chi connectivity index (χ0v) is 9.92. The number of carboxylic acids is 1. The third-order valence-corrected chi connectivity index (χ3v) is 2.25. The lowest BCUT2D eigenvalue weighted by molar-refractivity contribution is -0.139. The standard InChI is InChI=1S/C11H23NO2/c1-8(7-11(2,3)4)6-9(12-5)10(13)14/h8-9,12H,6-7H2,1-5H3,(H,13,14)/t8?,9-/m0/s1. The first-order valence-electron chi connectivity index (χ1n) is 5.16. The van der Waals surface area contributed by atoms with Crippen molar-refractivity contribution in [2.24, 2.45) is 11.3 Å². The Labute approximate surface area is 86.9 Å². The Hall–Kier alpha value is -0.570. The number of carbonyl (C=O) groups is 1. The van der Waals surface area contributed by atoms with Crippen molar-refractivity contribution in [3.8, 4) is 0 Å². The van der Waals surface area contributed by atoms with Crippen molar-refractivity contribution in [3.63, 3.8) is 0 Å². The van der Waals surface area contributed by atoms with Crippen LogP contribution in [0.2, 0.25) is 0 Å². The number of likely N-dealkylation sites (N-methyl/N-ethyl adjacent to an activating group) is 1. The number of hydrogen-bond acceptors (Lipinski definition) is 2. The van der Waals surface area contributed by atoms with Gasteiger partial charge in [-0.15, -0.1) is 0 Å². The second-order valence-corrected chi connectivity index (χ2v) is 5.29. The molecule has 2 atom stereocenters. The lowest BCUT2D eigenvalue weighted by Crippen LogP contribution is -2.35. The summed E-state index contributed by atoms with van der Waals surface area (Å²) < 4.78 is 0. The van der Waals surface area contributed by atoms with Crippen LogP contribution >= 0.6 is 0 Å². The van der Waals surface area contributed by atoms with E-state index in [2.05, 4.69) is 33.0 Å². The van der Waals surface area contributed by atoms with E-state index in [1.165, 1.54) is 0 Å². The highest BCUT2D eigenvalue weighted by atomic mass is 16.4. The monoisotopic (exact) mass is 201 g/mol. The van der Waals surface area contributed by atoms with Crippen LogP contribution in [0.25, 0.3) is 0 Å². The molecule has 0 aromatic heterocycles. The molecule has 0 spiro atoms. The predicted molar refractivity (Wildman–Crippen MR) is 58.3 cm³/mol. The highest BCUT2D eigenvalue weighted by molar-refractivity contribution is 5.73. The third kappa shape index (κ3) is 5.97. The molecule has 1 unspecified atom stereocenters. The van der Waals surface area contributed by atoms with E-state index in [4.69, 9.17) is 5.11 Å². The van der Waals surface area contributed by atoms with Gasteiger partial charge in [0.15, 0.2) is 0 Å². The van der Waals surface area contributed by atoms with E-state index in [0.717, 1.165) is 6.42 Å². The Morgan fingerprint density at radius 2 is 1.93 bits per heavy atom. The molecule has 0 aliphatic carbocycles. The van der Waals surface area contributed by atoms with Crippen molar-refractivity contribution in [3.05, 3.63) is 0 Å². The first kappa shape index (κ1) is 13.4. The molecule has 0 amide bonds. The minimum Gasteiger partial charge on any atom is -0.480 e. The summed E-state index contributed by atoms with van der Waals surface area (Å²) in [5.41, 5.74) is 0.274. The SMILES string of the molecule is CN[C@@H](CC(C)CC(C)(C)C)C(=O)O. The molecular formula is C11H23NO2. The van der Waals surface area contributed by atoms with Gasteiger partial charge in [0.05, 0.1) is 0 Å². The van der Waals surface area contributed by atoms with Crippen LogP contribution in [0.1, 0.15) is 40.5 Å². The number of rotatable bonds is 5. The fourth-order valence-corrected chi connectivity index (χ4v) is 1.87. The minimum absolute atomic E-state index is 0.274. The summed E-state index contributed by atoms with van der Waals surface area (Å²) in [6, 6.07) is -0.410. The van der Waals surface area contributed by atoms with Crippen LogP contribution in [0.15, 0.2) is 0 Å². The molecule has 2 N–H and O–H groups in total. The lowest BCUT2D eigenvalue weighted by atomic mass is 9.83. The maximum atomic E-state index is 10.8. The lowest BCUT2D eigenvalue weighted by Gasteiger charge is -2.25. The van der Waals surface area contributed by atoms with E-state index in [0.29, 0.717) is 12.3 Å². The van der Waals surface area contributed by atoms with Gasteiger partial charge in [0.2, 0.25) is 0 Å². The normalized spacial score (nSPS) is 16.4. The molecule has 0 bridgehead atoms. The van der Waals surface area contributed by atoms with Crippen molar-refractivity contribution in [1.29, 1.82) is 0 Å². The Kier molecular flexibility index (Phi) is 5.13. The molecule has 0 saturated heterocycles. The zero-order valence-electron chi connectivity index (χ0n) is 9.92. The summed E-state index contributed by atoms with van der Waals surface area (Å²) in [6.45, 7) is 8.65. The van der Waals surface area contributed by atoms with Gasteiger partial charge in [0, 0.05) is 0 Å². The van der Waals surface area contributed by atoms with Crippen molar-refractivity contribution in [2.45, 2.75) is 46.6 Å². The van der Waals surface area contributed by atoms with Crippen molar-refractivity contribution in [2.75, 3.05) is 7.05 Å². The maximum Gasteiger partial charge on any atom is 0.320 e. The largest absolute Gasteiger partial charge is 0.480 e. The number of aliphatic carboxylic acids is 1. The highest BCUT2D eigenvalue weighted by Crippen LogP contribution is 2.26.